The molecule has 0 amide bonds. The van der Waals surface area contributed by atoms with Gasteiger partial charge in [0, 0.05) is 32.2 Å². The first kappa shape index (κ1) is 14.2. The Morgan fingerprint density at radius 2 is 1.60 bits per heavy atom. The average molecular weight is 295 g/mol. The Hall–Kier alpha value is -0.770. The smallest absolute Gasteiger partial charge is 0.0639 e. The molecule has 1 saturated heterocycles. The van der Waals surface area contributed by atoms with Crippen LogP contribution in [0.4, 0.5) is 5.69 Å². The van der Waals surface area contributed by atoms with Gasteiger partial charge in [0.25, 0.3) is 0 Å². The topological polar surface area (TPSA) is 26.7 Å². The molecule has 1 aliphatic heterocycles. The molecule has 3 nitrogen and oxygen atoms in total. The standard InChI is InChI=1S/C16H23ClN2O/c17-15-3-1-2-4-16(15)19-11-9-18(10-12-19)13-5-7-14(20)8-6-13/h1-4,13-14,20H,5-12H2. The molecule has 2 fully saturated rings. The lowest BCUT2D eigenvalue weighted by Gasteiger charge is -2.42. The maximum atomic E-state index is 9.61. The molecule has 1 N–H and O–H groups in total. The molecule has 1 aromatic carbocycles. The van der Waals surface area contributed by atoms with Crippen molar-refractivity contribution in [3.63, 3.8) is 0 Å². The number of aliphatic hydroxyl groups is 1. The molecule has 0 atom stereocenters. The molecule has 0 aromatic heterocycles. The molecule has 20 heavy (non-hydrogen) atoms. The Kier molecular flexibility index (Phi) is 4.49. The molecule has 1 saturated carbocycles. The van der Waals surface area contributed by atoms with Crippen molar-refractivity contribution in [3.05, 3.63) is 29.3 Å². The molecule has 0 radical (unpaired) electrons. The minimum atomic E-state index is -0.0596. The van der Waals surface area contributed by atoms with E-state index in [1.54, 1.807) is 0 Å². The van der Waals surface area contributed by atoms with Gasteiger partial charge in [0.05, 0.1) is 16.8 Å². The number of halogens is 1. The lowest BCUT2D eigenvalue weighted by Crippen LogP contribution is -2.51. The molecule has 3 rings (SSSR count). The van der Waals surface area contributed by atoms with Crippen molar-refractivity contribution in [3.8, 4) is 0 Å². The largest absolute Gasteiger partial charge is 0.393 e. The van der Waals surface area contributed by atoms with Crippen molar-refractivity contribution in [1.29, 1.82) is 0 Å². The minimum Gasteiger partial charge on any atom is -0.393 e. The van der Waals surface area contributed by atoms with Crippen molar-refractivity contribution < 1.29 is 5.11 Å². The van der Waals surface area contributed by atoms with Gasteiger partial charge < -0.3 is 10.0 Å². The average Bonchev–Trinajstić information content (AvgIpc) is 2.49. The first-order valence-corrected chi connectivity index (χ1v) is 8.03. The van der Waals surface area contributed by atoms with E-state index in [0.29, 0.717) is 6.04 Å². The third kappa shape index (κ3) is 3.11. The van der Waals surface area contributed by atoms with Gasteiger partial charge in [-0.15, -0.1) is 0 Å². The van der Waals surface area contributed by atoms with Crippen molar-refractivity contribution in [2.45, 2.75) is 37.8 Å². The van der Waals surface area contributed by atoms with Crippen LogP contribution in [0.1, 0.15) is 25.7 Å². The predicted molar refractivity (Wildman–Crippen MR) is 83.5 cm³/mol. The van der Waals surface area contributed by atoms with E-state index < -0.39 is 0 Å². The summed E-state index contributed by atoms with van der Waals surface area (Å²) >= 11 is 6.28. The van der Waals surface area contributed by atoms with Gasteiger partial charge in [0.2, 0.25) is 0 Å². The van der Waals surface area contributed by atoms with E-state index in [9.17, 15) is 5.11 Å². The second-order valence-corrected chi connectivity index (χ2v) is 6.34. The van der Waals surface area contributed by atoms with Gasteiger partial charge in [-0.2, -0.15) is 0 Å². The van der Waals surface area contributed by atoms with Gasteiger partial charge >= 0.3 is 0 Å². The summed E-state index contributed by atoms with van der Waals surface area (Å²) in [6.45, 7) is 4.30. The number of benzene rings is 1. The summed E-state index contributed by atoms with van der Waals surface area (Å²) in [6, 6.07) is 8.78. The van der Waals surface area contributed by atoms with E-state index in [4.69, 9.17) is 11.6 Å². The first-order chi connectivity index (χ1) is 9.74. The molecule has 1 aromatic rings. The fraction of sp³-hybridized carbons (Fsp3) is 0.625. The first-order valence-electron chi connectivity index (χ1n) is 7.65. The molecule has 4 heteroatoms. The Morgan fingerprint density at radius 3 is 2.25 bits per heavy atom. The molecule has 1 aliphatic carbocycles. The summed E-state index contributed by atoms with van der Waals surface area (Å²) in [5.41, 5.74) is 1.16. The van der Waals surface area contributed by atoms with E-state index in [1.165, 1.54) is 0 Å². The van der Waals surface area contributed by atoms with E-state index in [2.05, 4.69) is 21.9 Å². The monoisotopic (exact) mass is 294 g/mol. The summed E-state index contributed by atoms with van der Waals surface area (Å²) in [4.78, 5) is 4.98. The molecule has 0 bridgehead atoms. The highest BCUT2D eigenvalue weighted by atomic mass is 35.5. The van der Waals surface area contributed by atoms with Crippen molar-refractivity contribution in [1.82, 2.24) is 4.90 Å². The van der Waals surface area contributed by atoms with Crippen LogP contribution in [-0.4, -0.2) is 48.3 Å². The van der Waals surface area contributed by atoms with E-state index in [-0.39, 0.29) is 6.10 Å². The van der Waals surface area contributed by atoms with Gasteiger partial charge in [-0.3, -0.25) is 4.90 Å². The van der Waals surface area contributed by atoms with Crippen LogP contribution in [0.15, 0.2) is 24.3 Å². The molecular weight excluding hydrogens is 272 g/mol. The van der Waals surface area contributed by atoms with Crippen molar-refractivity contribution in [2.75, 3.05) is 31.1 Å². The third-order valence-electron chi connectivity index (χ3n) is 4.69. The quantitative estimate of drug-likeness (QED) is 0.908. The highest BCUT2D eigenvalue weighted by molar-refractivity contribution is 6.33. The Balaban J connectivity index is 1.56. The van der Waals surface area contributed by atoms with Gasteiger partial charge in [0.15, 0.2) is 0 Å². The van der Waals surface area contributed by atoms with Gasteiger partial charge in [-0.25, -0.2) is 0 Å². The molecule has 1 heterocycles. The molecule has 0 unspecified atom stereocenters. The fourth-order valence-corrected chi connectivity index (χ4v) is 3.71. The number of rotatable bonds is 2. The number of nitrogens with zero attached hydrogens (tertiary/aromatic N) is 2. The number of piperazine rings is 1. The van der Waals surface area contributed by atoms with Crippen LogP contribution in [0.3, 0.4) is 0 Å². The fourth-order valence-electron chi connectivity index (χ4n) is 3.46. The van der Waals surface area contributed by atoms with E-state index in [0.717, 1.165) is 62.6 Å². The van der Waals surface area contributed by atoms with Crippen molar-refractivity contribution >= 4 is 17.3 Å². The lowest BCUT2D eigenvalue weighted by molar-refractivity contribution is 0.0711. The SMILES string of the molecule is OC1CCC(N2CCN(c3ccccc3Cl)CC2)CC1. The Morgan fingerprint density at radius 1 is 0.950 bits per heavy atom. The summed E-state index contributed by atoms with van der Waals surface area (Å²) in [6.07, 6.45) is 4.17. The number of aliphatic hydroxyl groups excluding tert-OH is 1. The number of para-hydroxylation sites is 1. The third-order valence-corrected chi connectivity index (χ3v) is 5.01. The summed E-state index contributed by atoms with van der Waals surface area (Å²) < 4.78 is 0. The van der Waals surface area contributed by atoms with Crippen LogP contribution >= 0.6 is 11.6 Å². The lowest BCUT2D eigenvalue weighted by atomic mass is 9.91. The molecular formula is C16H23ClN2O. The summed E-state index contributed by atoms with van der Waals surface area (Å²) in [5, 5.41) is 10.5. The highest BCUT2D eigenvalue weighted by Gasteiger charge is 2.27. The molecule has 110 valence electrons. The van der Waals surface area contributed by atoms with Crippen LogP contribution in [-0.2, 0) is 0 Å². The number of hydrogen-bond acceptors (Lipinski definition) is 3. The van der Waals surface area contributed by atoms with Crippen molar-refractivity contribution in [2.24, 2.45) is 0 Å². The molecule has 0 spiro atoms. The highest BCUT2D eigenvalue weighted by Crippen LogP contribution is 2.28. The zero-order valence-electron chi connectivity index (χ0n) is 11.8. The number of anilines is 1. The zero-order valence-corrected chi connectivity index (χ0v) is 12.6. The normalized spacial score (nSPS) is 28.6. The van der Waals surface area contributed by atoms with Crippen LogP contribution < -0.4 is 4.90 Å². The number of hydrogen-bond donors (Lipinski definition) is 1. The van der Waals surface area contributed by atoms with Gasteiger partial charge in [-0.05, 0) is 37.8 Å². The Labute approximate surface area is 126 Å². The van der Waals surface area contributed by atoms with E-state index in [1.807, 2.05) is 12.1 Å². The van der Waals surface area contributed by atoms with Crippen LogP contribution in [0.2, 0.25) is 5.02 Å². The van der Waals surface area contributed by atoms with Crippen LogP contribution in [0.5, 0.6) is 0 Å². The van der Waals surface area contributed by atoms with Gasteiger partial charge in [-0.1, -0.05) is 23.7 Å². The van der Waals surface area contributed by atoms with Gasteiger partial charge in [0.1, 0.15) is 0 Å². The Bertz CT molecular complexity index is 438. The molecule has 2 aliphatic rings. The summed E-state index contributed by atoms with van der Waals surface area (Å²) in [7, 11) is 0. The zero-order chi connectivity index (χ0) is 13.9. The van der Waals surface area contributed by atoms with E-state index >= 15 is 0 Å². The van der Waals surface area contributed by atoms with Crippen LogP contribution in [0, 0.1) is 0 Å². The predicted octanol–water partition coefficient (Wildman–Crippen LogP) is 2.77. The minimum absolute atomic E-state index is 0.0596. The van der Waals surface area contributed by atoms with Crippen LogP contribution in [0.25, 0.3) is 0 Å². The maximum absolute atomic E-state index is 9.61. The second-order valence-electron chi connectivity index (χ2n) is 5.94. The maximum Gasteiger partial charge on any atom is 0.0639 e. The summed E-state index contributed by atoms with van der Waals surface area (Å²) in [5.74, 6) is 0. The second kappa shape index (κ2) is 6.33.